The van der Waals surface area contributed by atoms with Crippen LogP contribution in [0.5, 0.6) is 0 Å². The molecule has 2 unspecified atom stereocenters. The lowest BCUT2D eigenvalue weighted by molar-refractivity contribution is -0.136. The number of carbonyl (C=O) groups excluding carboxylic acids is 2. The van der Waals surface area contributed by atoms with Gasteiger partial charge in [0.15, 0.2) is 0 Å². The minimum atomic E-state index is -0.973. The molecule has 2 rings (SSSR count). The second-order valence-electron chi connectivity index (χ2n) is 5.19. The van der Waals surface area contributed by atoms with Crippen molar-refractivity contribution < 1.29 is 14.3 Å². The van der Waals surface area contributed by atoms with Gasteiger partial charge in [-0.3, -0.25) is 9.59 Å². The lowest BCUT2D eigenvalue weighted by Crippen LogP contribution is -2.58. The molecule has 6 heteroatoms. The number of likely N-dealkylation sites (tertiary alicyclic amines) is 1. The molecule has 2 heterocycles. The zero-order valence-electron chi connectivity index (χ0n) is 10.8. The highest BCUT2D eigenvalue weighted by atomic mass is 16.5. The lowest BCUT2D eigenvalue weighted by Gasteiger charge is -2.25. The van der Waals surface area contributed by atoms with E-state index in [0.29, 0.717) is 13.0 Å². The van der Waals surface area contributed by atoms with E-state index in [1.807, 2.05) is 0 Å². The zero-order valence-corrected chi connectivity index (χ0v) is 10.8. The third-order valence-electron chi connectivity index (χ3n) is 3.64. The fraction of sp³-hybridized carbons (Fsp3) is 0.833. The maximum atomic E-state index is 12.0. The summed E-state index contributed by atoms with van der Waals surface area (Å²) in [5, 5.41) is 2.70. The smallest absolute Gasteiger partial charge is 0.244 e. The summed E-state index contributed by atoms with van der Waals surface area (Å²) in [7, 11) is 0. The average molecular weight is 255 g/mol. The van der Waals surface area contributed by atoms with Gasteiger partial charge in [0.1, 0.15) is 11.6 Å². The van der Waals surface area contributed by atoms with Gasteiger partial charge in [-0.2, -0.15) is 0 Å². The number of nitrogens with two attached hydrogens (primary N) is 1. The third-order valence-corrected chi connectivity index (χ3v) is 3.64. The van der Waals surface area contributed by atoms with Gasteiger partial charge in [0.2, 0.25) is 11.8 Å². The summed E-state index contributed by atoms with van der Waals surface area (Å²) >= 11 is 0. The summed E-state index contributed by atoms with van der Waals surface area (Å²) in [6, 6.07) is -0.517. The van der Waals surface area contributed by atoms with E-state index in [4.69, 9.17) is 10.5 Å². The Morgan fingerprint density at radius 3 is 2.61 bits per heavy atom. The first kappa shape index (κ1) is 13.3. The number of carbonyl (C=O) groups is 2. The van der Waals surface area contributed by atoms with Crippen molar-refractivity contribution >= 4 is 11.8 Å². The van der Waals surface area contributed by atoms with Crippen molar-refractivity contribution in [2.24, 2.45) is 5.73 Å². The van der Waals surface area contributed by atoms with Gasteiger partial charge in [-0.15, -0.1) is 0 Å². The van der Waals surface area contributed by atoms with Gasteiger partial charge >= 0.3 is 0 Å². The summed E-state index contributed by atoms with van der Waals surface area (Å²) in [6.45, 7) is 4.01. The SMILES string of the molecule is CC(NC(=O)C1(N)CCOC1)C(=O)N1CCCC1. The summed E-state index contributed by atoms with van der Waals surface area (Å²) < 4.78 is 5.14. The Morgan fingerprint density at radius 1 is 1.39 bits per heavy atom. The zero-order chi connectivity index (χ0) is 13.2. The number of amides is 2. The minimum absolute atomic E-state index is 0.0247. The maximum absolute atomic E-state index is 12.0. The van der Waals surface area contributed by atoms with Crippen LogP contribution in [0.2, 0.25) is 0 Å². The van der Waals surface area contributed by atoms with E-state index in [0.717, 1.165) is 25.9 Å². The predicted molar refractivity (Wildman–Crippen MR) is 65.8 cm³/mol. The first-order chi connectivity index (χ1) is 8.53. The van der Waals surface area contributed by atoms with Crippen molar-refractivity contribution in [3.63, 3.8) is 0 Å². The van der Waals surface area contributed by atoms with Crippen LogP contribution < -0.4 is 11.1 Å². The van der Waals surface area contributed by atoms with Crippen LogP contribution in [0.15, 0.2) is 0 Å². The van der Waals surface area contributed by atoms with E-state index in [1.165, 1.54) is 0 Å². The number of rotatable bonds is 3. The molecule has 0 aromatic rings. The van der Waals surface area contributed by atoms with Crippen molar-refractivity contribution in [2.75, 3.05) is 26.3 Å². The van der Waals surface area contributed by atoms with Crippen LogP contribution in [-0.4, -0.2) is 54.6 Å². The Morgan fingerprint density at radius 2 is 2.06 bits per heavy atom. The Balaban J connectivity index is 1.88. The van der Waals surface area contributed by atoms with E-state index in [9.17, 15) is 9.59 Å². The van der Waals surface area contributed by atoms with Gasteiger partial charge < -0.3 is 20.7 Å². The van der Waals surface area contributed by atoms with Gasteiger partial charge in [0, 0.05) is 19.7 Å². The molecule has 2 atom stereocenters. The van der Waals surface area contributed by atoms with E-state index in [2.05, 4.69) is 5.32 Å². The van der Waals surface area contributed by atoms with Gasteiger partial charge in [-0.1, -0.05) is 0 Å². The van der Waals surface area contributed by atoms with E-state index in [1.54, 1.807) is 11.8 Å². The topological polar surface area (TPSA) is 84.7 Å². The molecule has 3 N–H and O–H groups in total. The molecule has 102 valence electrons. The van der Waals surface area contributed by atoms with Crippen molar-refractivity contribution in [3.05, 3.63) is 0 Å². The molecule has 0 bridgehead atoms. The Hall–Kier alpha value is -1.14. The van der Waals surface area contributed by atoms with Gasteiger partial charge in [0.05, 0.1) is 6.61 Å². The monoisotopic (exact) mass is 255 g/mol. The lowest BCUT2D eigenvalue weighted by atomic mass is 9.99. The highest BCUT2D eigenvalue weighted by Gasteiger charge is 2.39. The van der Waals surface area contributed by atoms with Crippen LogP contribution in [0, 0.1) is 0 Å². The van der Waals surface area contributed by atoms with E-state index < -0.39 is 11.6 Å². The number of nitrogens with one attached hydrogen (secondary N) is 1. The maximum Gasteiger partial charge on any atom is 0.244 e. The normalized spacial score (nSPS) is 29.3. The fourth-order valence-corrected chi connectivity index (χ4v) is 2.37. The van der Waals surface area contributed by atoms with Crippen LogP contribution in [0.4, 0.5) is 0 Å². The largest absolute Gasteiger partial charge is 0.379 e. The van der Waals surface area contributed by atoms with Gasteiger partial charge in [-0.25, -0.2) is 0 Å². The second kappa shape index (κ2) is 5.24. The molecule has 2 amide bonds. The number of hydrogen-bond donors (Lipinski definition) is 2. The van der Waals surface area contributed by atoms with Crippen LogP contribution in [0.3, 0.4) is 0 Å². The molecule has 2 aliphatic heterocycles. The second-order valence-corrected chi connectivity index (χ2v) is 5.19. The van der Waals surface area contributed by atoms with Crippen molar-refractivity contribution in [1.82, 2.24) is 10.2 Å². The van der Waals surface area contributed by atoms with Crippen molar-refractivity contribution in [1.29, 1.82) is 0 Å². The summed E-state index contributed by atoms with van der Waals surface area (Å²) in [5.74, 6) is -0.316. The number of nitrogens with zero attached hydrogens (tertiary/aromatic N) is 1. The minimum Gasteiger partial charge on any atom is -0.379 e. The molecule has 0 spiro atoms. The summed E-state index contributed by atoms with van der Waals surface area (Å²) in [4.78, 5) is 25.8. The highest BCUT2D eigenvalue weighted by molar-refractivity contribution is 5.92. The Kier molecular flexibility index (Phi) is 3.87. The number of hydrogen-bond acceptors (Lipinski definition) is 4. The molecule has 2 saturated heterocycles. The van der Waals surface area contributed by atoms with Crippen LogP contribution >= 0.6 is 0 Å². The molecule has 2 fully saturated rings. The predicted octanol–water partition coefficient (Wildman–Crippen LogP) is -0.769. The van der Waals surface area contributed by atoms with E-state index >= 15 is 0 Å². The van der Waals surface area contributed by atoms with Crippen LogP contribution in [-0.2, 0) is 14.3 Å². The average Bonchev–Trinajstić information content (AvgIpc) is 2.99. The molecular weight excluding hydrogens is 234 g/mol. The molecule has 0 aromatic heterocycles. The third kappa shape index (κ3) is 2.64. The van der Waals surface area contributed by atoms with Gasteiger partial charge in [0.25, 0.3) is 0 Å². The van der Waals surface area contributed by atoms with Crippen molar-refractivity contribution in [2.45, 2.75) is 37.8 Å². The number of ether oxygens (including phenoxy) is 1. The molecule has 0 saturated carbocycles. The molecule has 0 radical (unpaired) electrons. The van der Waals surface area contributed by atoms with E-state index in [-0.39, 0.29) is 18.4 Å². The highest BCUT2D eigenvalue weighted by Crippen LogP contribution is 2.16. The van der Waals surface area contributed by atoms with Crippen molar-refractivity contribution in [3.8, 4) is 0 Å². The first-order valence-corrected chi connectivity index (χ1v) is 6.49. The molecule has 6 nitrogen and oxygen atoms in total. The molecule has 2 aliphatic rings. The van der Waals surface area contributed by atoms with Crippen LogP contribution in [0.25, 0.3) is 0 Å². The quantitative estimate of drug-likeness (QED) is 0.693. The summed E-state index contributed by atoms with van der Waals surface area (Å²) in [5.41, 5.74) is 4.97. The molecular formula is C12H21N3O3. The fourth-order valence-electron chi connectivity index (χ4n) is 2.37. The molecule has 0 aliphatic carbocycles. The van der Waals surface area contributed by atoms with Gasteiger partial charge in [-0.05, 0) is 26.2 Å². The Labute approximate surface area is 107 Å². The first-order valence-electron chi connectivity index (χ1n) is 6.49. The van der Waals surface area contributed by atoms with Crippen LogP contribution in [0.1, 0.15) is 26.2 Å². The molecule has 18 heavy (non-hydrogen) atoms. The standard InChI is InChI=1S/C12H21N3O3/c1-9(10(16)15-5-2-3-6-15)14-11(17)12(13)4-7-18-8-12/h9H,2-8,13H2,1H3,(H,14,17). The molecule has 0 aromatic carbocycles. The Bertz CT molecular complexity index is 333. The summed E-state index contributed by atoms with van der Waals surface area (Å²) in [6.07, 6.45) is 2.59.